The zero-order valence-electron chi connectivity index (χ0n) is 15.8. The van der Waals surface area contributed by atoms with Crippen LogP contribution in [0.2, 0.25) is 0 Å². The number of anilines is 1. The Bertz CT molecular complexity index is 1010. The molecular formula is C18H26N6O3. The first-order chi connectivity index (χ1) is 12.9. The van der Waals surface area contributed by atoms with Gasteiger partial charge < -0.3 is 15.2 Å². The fraction of sp³-hybridized carbons (Fsp3) is 0.667. The van der Waals surface area contributed by atoms with Crippen LogP contribution in [-0.2, 0) is 24.9 Å². The Morgan fingerprint density at radius 3 is 2.56 bits per heavy atom. The van der Waals surface area contributed by atoms with Crippen LogP contribution in [0, 0.1) is 5.92 Å². The van der Waals surface area contributed by atoms with E-state index in [2.05, 4.69) is 11.8 Å². The van der Waals surface area contributed by atoms with Crippen molar-refractivity contribution in [2.75, 3.05) is 11.4 Å². The van der Waals surface area contributed by atoms with Crippen molar-refractivity contribution in [1.82, 2.24) is 18.7 Å². The smallest absolute Gasteiger partial charge is 0.332 e. The lowest BCUT2D eigenvalue weighted by Gasteiger charge is -2.40. The summed E-state index contributed by atoms with van der Waals surface area (Å²) in [7, 11) is 1.58. The standard InChI is InChI=1S/C18H26N6O3/c1-11-8-22(12-6-4-3-5-7-12)17-20-15-14(23(17)9-11)16(26)24(10-13(19)25)18(27)21(15)2/h11-12H,3-10H2,1-2H3,(H2,19,25). The molecule has 146 valence electrons. The molecule has 1 saturated carbocycles. The predicted octanol–water partition coefficient (Wildman–Crippen LogP) is 0.171. The minimum Gasteiger partial charge on any atom is -0.368 e. The number of amides is 1. The highest BCUT2D eigenvalue weighted by atomic mass is 16.2. The molecule has 0 spiro atoms. The molecule has 0 aromatic carbocycles. The van der Waals surface area contributed by atoms with Crippen LogP contribution in [-0.4, -0.2) is 37.2 Å². The Morgan fingerprint density at radius 2 is 1.89 bits per heavy atom. The lowest BCUT2D eigenvalue weighted by Crippen LogP contribution is -2.46. The third kappa shape index (κ3) is 2.85. The fourth-order valence-electron chi connectivity index (χ4n) is 4.54. The van der Waals surface area contributed by atoms with Gasteiger partial charge in [-0.15, -0.1) is 0 Å². The average Bonchev–Trinajstić information content (AvgIpc) is 3.03. The van der Waals surface area contributed by atoms with E-state index < -0.39 is 23.7 Å². The zero-order chi connectivity index (χ0) is 19.3. The van der Waals surface area contributed by atoms with Gasteiger partial charge in [0, 0.05) is 26.2 Å². The number of aryl methyl sites for hydroxylation is 1. The lowest BCUT2D eigenvalue weighted by atomic mass is 9.93. The molecule has 1 unspecified atom stereocenters. The molecule has 4 rings (SSSR count). The minimum atomic E-state index is -0.718. The summed E-state index contributed by atoms with van der Waals surface area (Å²) < 4.78 is 4.18. The van der Waals surface area contributed by atoms with Crippen molar-refractivity contribution in [2.45, 2.75) is 58.2 Å². The molecule has 0 saturated heterocycles. The molecular weight excluding hydrogens is 348 g/mol. The number of imidazole rings is 1. The largest absolute Gasteiger partial charge is 0.368 e. The summed E-state index contributed by atoms with van der Waals surface area (Å²) in [6.45, 7) is 3.30. The molecule has 2 aromatic rings. The van der Waals surface area contributed by atoms with Crippen molar-refractivity contribution in [1.29, 1.82) is 0 Å². The van der Waals surface area contributed by atoms with Gasteiger partial charge in [-0.2, -0.15) is 4.98 Å². The fourth-order valence-corrected chi connectivity index (χ4v) is 4.54. The van der Waals surface area contributed by atoms with Crippen molar-refractivity contribution in [3.8, 4) is 0 Å². The van der Waals surface area contributed by atoms with E-state index in [1.165, 1.54) is 23.8 Å². The van der Waals surface area contributed by atoms with Crippen molar-refractivity contribution >= 4 is 23.0 Å². The monoisotopic (exact) mass is 374 g/mol. The number of carbonyl (C=O) groups is 1. The Hall–Kier alpha value is -2.58. The number of fused-ring (bicyclic) bond motifs is 3. The zero-order valence-corrected chi connectivity index (χ0v) is 15.8. The van der Waals surface area contributed by atoms with Crippen molar-refractivity contribution < 1.29 is 4.79 Å². The predicted molar refractivity (Wildman–Crippen MR) is 102 cm³/mol. The maximum absolute atomic E-state index is 13.0. The van der Waals surface area contributed by atoms with E-state index in [9.17, 15) is 14.4 Å². The summed E-state index contributed by atoms with van der Waals surface area (Å²) in [6.07, 6.45) is 5.93. The molecule has 1 amide bonds. The van der Waals surface area contributed by atoms with Gasteiger partial charge in [-0.3, -0.25) is 14.2 Å². The van der Waals surface area contributed by atoms with Crippen LogP contribution in [0.3, 0.4) is 0 Å². The summed E-state index contributed by atoms with van der Waals surface area (Å²) in [5.41, 5.74) is 4.91. The van der Waals surface area contributed by atoms with Crippen molar-refractivity contribution in [3.63, 3.8) is 0 Å². The second-order valence-corrected chi connectivity index (χ2v) is 7.94. The molecule has 3 heterocycles. The molecule has 1 fully saturated rings. The first kappa shape index (κ1) is 17.8. The summed E-state index contributed by atoms with van der Waals surface area (Å²) in [5.74, 6) is 0.404. The minimum absolute atomic E-state index is 0.359. The summed E-state index contributed by atoms with van der Waals surface area (Å²) >= 11 is 0. The highest BCUT2D eigenvalue weighted by Gasteiger charge is 2.33. The summed E-state index contributed by atoms with van der Waals surface area (Å²) in [5, 5.41) is 0. The topological polar surface area (TPSA) is 108 Å². The normalized spacial score (nSPS) is 20.8. The summed E-state index contributed by atoms with van der Waals surface area (Å²) in [4.78, 5) is 43.9. The molecule has 0 bridgehead atoms. The van der Waals surface area contributed by atoms with Crippen LogP contribution in [0.4, 0.5) is 5.95 Å². The molecule has 27 heavy (non-hydrogen) atoms. The molecule has 1 aliphatic carbocycles. The first-order valence-electron chi connectivity index (χ1n) is 9.63. The van der Waals surface area contributed by atoms with Gasteiger partial charge in [-0.1, -0.05) is 26.2 Å². The molecule has 2 aromatic heterocycles. The van der Waals surface area contributed by atoms with Gasteiger partial charge in [0.2, 0.25) is 11.9 Å². The van der Waals surface area contributed by atoms with Gasteiger partial charge in [0.1, 0.15) is 6.54 Å². The number of hydrogen-bond donors (Lipinski definition) is 1. The van der Waals surface area contributed by atoms with Gasteiger partial charge in [0.05, 0.1) is 0 Å². The molecule has 1 atom stereocenters. The third-order valence-electron chi connectivity index (χ3n) is 5.80. The van der Waals surface area contributed by atoms with E-state index in [1.54, 1.807) is 7.05 Å². The van der Waals surface area contributed by atoms with Gasteiger partial charge >= 0.3 is 5.69 Å². The number of hydrogen-bond acceptors (Lipinski definition) is 5. The quantitative estimate of drug-likeness (QED) is 0.824. The number of rotatable bonds is 3. The van der Waals surface area contributed by atoms with E-state index in [0.717, 1.165) is 29.9 Å². The Kier molecular flexibility index (Phi) is 4.32. The lowest BCUT2D eigenvalue weighted by molar-refractivity contribution is -0.118. The van der Waals surface area contributed by atoms with Crippen LogP contribution in [0.15, 0.2) is 9.59 Å². The number of aromatic nitrogens is 4. The maximum atomic E-state index is 13.0. The first-order valence-corrected chi connectivity index (χ1v) is 9.63. The number of carbonyl (C=O) groups excluding carboxylic acids is 1. The molecule has 1 aliphatic heterocycles. The molecule has 9 heteroatoms. The van der Waals surface area contributed by atoms with Crippen LogP contribution < -0.4 is 21.9 Å². The van der Waals surface area contributed by atoms with Crippen molar-refractivity contribution in [2.24, 2.45) is 18.7 Å². The van der Waals surface area contributed by atoms with E-state index in [1.807, 2.05) is 4.57 Å². The Morgan fingerprint density at radius 1 is 1.19 bits per heavy atom. The van der Waals surface area contributed by atoms with Crippen molar-refractivity contribution in [3.05, 3.63) is 20.8 Å². The number of nitrogens with zero attached hydrogens (tertiary/aromatic N) is 5. The van der Waals surface area contributed by atoms with Crippen LogP contribution >= 0.6 is 0 Å². The maximum Gasteiger partial charge on any atom is 0.332 e. The van der Waals surface area contributed by atoms with Gasteiger partial charge in [0.25, 0.3) is 5.56 Å². The van der Waals surface area contributed by atoms with E-state index in [0.29, 0.717) is 29.7 Å². The highest BCUT2D eigenvalue weighted by Crippen LogP contribution is 2.32. The van der Waals surface area contributed by atoms with E-state index in [-0.39, 0.29) is 0 Å². The van der Waals surface area contributed by atoms with Gasteiger partial charge in [-0.25, -0.2) is 9.36 Å². The van der Waals surface area contributed by atoms with Gasteiger partial charge in [-0.05, 0) is 18.8 Å². The van der Waals surface area contributed by atoms with Gasteiger partial charge in [0.15, 0.2) is 11.2 Å². The second kappa shape index (κ2) is 6.54. The van der Waals surface area contributed by atoms with E-state index in [4.69, 9.17) is 10.7 Å². The SMILES string of the molecule is CC1CN(C2CCCCC2)c2nc3c(c(=O)n(CC(N)=O)c(=O)n3C)n2C1. The molecule has 2 N–H and O–H groups in total. The number of nitrogens with two attached hydrogens (primary N) is 1. The highest BCUT2D eigenvalue weighted by molar-refractivity contribution is 5.77. The molecule has 2 aliphatic rings. The van der Waals surface area contributed by atoms with Crippen LogP contribution in [0.5, 0.6) is 0 Å². The van der Waals surface area contributed by atoms with Crippen LogP contribution in [0.1, 0.15) is 39.0 Å². The second-order valence-electron chi connectivity index (χ2n) is 7.94. The average molecular weight is 374 g/mol. The van der Waals surface area contributed by atoms with E-state index >= 15 is 0 Å². The third-order valence-corrected chi connectivity index (χ3v) is 5.80. The Balaban J connectivity index is 1.94. The molecule has 0 radical (unpaired) electrons. The molecule has 9 nitrogen and oxygen atoms in total. The van der Waals surface area contributed by atoms with Crippen LogP contribution in [0.25, 0.3) is 11.2 Å². The number of primary amides is 1. The summed E-state index contributed by atoms with van der Waals surface area (Å²) in [6, 6.07) is 0.418. The Labute approximate surface area is 156 Å².